The molecule has 2 aliphatic carbocycles. The molecule has 1 saturated heterocycles. The fourth-order valence-electron chi connectivity index (χ4n) is 17.5. The number of rotatable bonds is 33. The van der Waals surface area contributed by atoms with E-state index in [1.807, 2.05) is 165 Å². The minimum absolute atomic E-state index is 0. The summed E-state index contributed by atoms with van der Waals surface area (Å²) in [4.78, 5) is 87.9. The average molecular weight is 2100 g/mol. The molecule has 1 atom stereocenters. The van der Waals surface area contributed by atoms with Gasteiger partial charge in [-0.15, -0.1) is 11.3 Å². The Hall–Kier alpha value is -15.5. The molecule has 9 aromatic heterocycles. The van der Waals surface area contributed by atoms with E-state index in [4.69, 9.17) is 74.5 Å². The molecule has 0 amide bonds. The van der Waals surface area contributed by atoms with E-state index >= 15 is 0 Å². The number of anilines is 8. The first-order valence-electron chi connectivity index (χ1n) is 46.4. The fraction of sp³-hybridized carbons (Fsp3) is 0.264. The molecule has 3 aliphatic rings. The maximum atomic E-state index is 14.2. The number of ether oxygens (including phenoxy) is 8. The third kappa shape index (κ3) is 25.8. The van der Waals surface area contributed by atoms with Crippen molar-refractivity contribution in [3.8, 4) is 85.3 Å². The van der Waals surface area contributed by atoms with Crippen LogP contribution < -0.4 is 52.8 Å². The van der Waals surface area contributed by atoms with Gasteiger partial charge in [-0.25, -0.2) is 24.3 Å². The zero-order valence-corrected chi connectivity index (χ0v) is 84.4. The number of fused-ring (bicyclic) bond motifs is 5. The summed E-state index contributed by atoms with van der Waals surface area (Å²) in [7, 11) is 14.7. The molecular formula is C110H117ClCoFN21O12S2. The fourth-order valence-corrected chi connectivity index (χ4v) is 18.5. The number of aliphatic hydroxyl groups is 1. The van der Waals surface area contributed by atoms with Crippen molar-refractivity contribution in [1.82, 2.24) is 84.7 Å². The molecular weight excluding hydrogens is 1980 g/mol. The molecule has 33 nitrogen and oxygen atoms in total. The number of halogens is 2. The van der Waals surface area contributed by atoms with Gasteiger partial charge >= 0.3 is 5.97 Å². The van der Waals surface area contributed by atoms with Crippen molar-refractivity contribution in [1.29, 1.82) is 0 Å². The zero-order valence-electron chi connectivity index (χ0n) is 80.8. The van der Waals surface area contributed by atoms with Gasteiger partial charge < -0.3 is 62.6 Å². The Kier molecular flexibility index (Phi) is 37.5. The van der Waals surface area contributed by atoms with Gasteiger partial charge in [-0.3, -0.25) is 58.8 Å². The number of H-pyrrole nitrogens is 2. The first kappa shape index (κ1) is 110. The molecule has 1 radical (unpaired) electrons. The van der Waals surface area contributed by atoms with Crippen LogP contribution in [0.15, 0.2) is 256 Å². The number of thiophene rings is 1. The molecule has 148 heavy (non-hydrogen) atoms. The largest absolute Gasteiger partial charge is 0.497 e. The number of likely N-dealkylation sites (tertiary alicyclic amines) is 1. The predicted molar refractivity (Wildman–Crippen MR) is 579 cm³/mol. The van der Waals surface area contributed by atoms with Gasteiger partial charge in [0.1, 0.15) is 52.1 Å². The van der Waals surface area contributed by atoms with Gasteiger partial charge in [-0.05, 0) is 142 Å². The minimum Gasteiger partial charge on any atom is -0.497 e. The third-order valence-electron chi connectivity index (χ3n) is 25.0. The first-order chi connectivity index (χ1) is 69.8. The second-order valence-electron chi connectivity index (χ2n) is 34.2. The summed E-state index contributed by atoms with van der Waals surface area (Å²) in [5.74, 6) is 3.84. The number of hydrogen-bond acceptors (Lipinski definition) is 30. The second-order valence-corrected chi connectivity index (χ2v) is 36.0. The van der Waals surface area contributed by atoms with Crippen molar-refractivity contribution in [2.75, 3.05) is 116 Å². The van der Waals surface area contributed by atoms with Gasteiger partial charge in [-0.2, -0.15) is 33.9 Å². The number of nitrogens with one attached hydrogen (secondary N) is 2. The maximum absolute atomic E-state index is 14.2. The Morgan fingerprint density at radius 3 is 1.30 bits per heavy atom. The standard InChI is InChI=1S/C31H27N5O4.C28H32N6O4.C24H20ClN5O2S.C24H24FN5O2.3CH4.Co.H2S/c1-39-22-12-21(13-23(15-22)40-2)36(11-5-8-26-30(37)24-6-3-4-7-25(24)31(26)38)20-9-10-27-28(14-20)35-29(18-32-27)19-16-33-34-17-19;1-32-18-19(16-30-32)26-17-29-24-8-7-20(14-25(24)31-26)34(21-12-22(36-2)15-23(13-21)37-3)11-10-33-9-5-6-27(33)28(35)38-4;1-31-18-7-17(8-19(10-18)32-2)30(14-20-4-6-24(25)33-20)16-3-5-21-22(9-16)29-23(13-26-21)15-11-27-28-12-15;1-32-21-9-18(25)8-20(10-21)30(14-16-2-3-16)19-4-5-22-23(11-19)28-24(13-26-22)17-12-27-29(15-17)6-7-31;;;;;/h3-4,6-7,9-10,12-18,26H,5,8,11H2,1-2H3,(H,33,34);7-8,12-18,27H,5-6,9-11H2,1-4H3;3-13H,14H2,1-2H3,(H,27,28);4-5,8-13,15-16,31H,2-3,6-7,14H2,1H3;3*1H4;;1H2/t;27-;;;;;;;/m.0......./s1. The van der Waals surface area contributed by atoms with Crippen molar-refractivity contribution in [2.24, 2.45) is 18.9 Å². The number of aromatic amines is 2. The summed E-state index contributed by atoms with van der Waals surface area (Å²) in [6.07, 6.45) is 26.4. The van der Waals surface area contributed by atoms with Crippen LogP contribution in [-0.2, 0) is 46.4 Å². The van der Waals surface area contributed by atoms with E-state index in [1.165, 1.54) is 32.1 Å². The molecule has 9 aromatic carbocycles. The van der Waals surface area contributed by atoms with Gasteiger partial charge in [0, 0.05) is 225 Å². The van der Waals surface area contributed by atoms with E-state index < -0.39 is 5.92 Å². The van der Waals surface area contributed by atoms with Crippen LogP contribution in [-0.4, -0.2) is 210 Å². The van der Waals surface area contributed by atoms with Gasteiger partial charge in [0.05, 0.1) is 203 Å². The monoisotopic (exact) mass is 2100 g/mol. The molecule has 1 saturated carbocycles. The van der Waals surface area contributed by atoms with Crippen LogP contribution in [0.25, 0.3) is 89.2 Å². The van der Waals surface area contributed by atoms with Crippen molar-refractivity contribution >= 4 is 144 Å². The number of aromatic nitrogens is 16. The van der Waals surface area contributed by atoms with Crippen LogP contribution in [0.4, 0.5) is 49.9 Å². The van der Waals surface area contributed by atoms with Gasteiger partial charge in [-0.1, -0.05) is 58.1 Å². The van der Waals surface area contributed by atoms with Gasteiger partial charge in [0.2, 0.25) is 0 Å². The summed E-state index contributed by atoms with van der Waals surface area (Å²) >= 11 is 7.76. The molecule has 2 fully saturated rings. The van der Waals surface area contributed by atoms with Crippen LogP contribution in [0.1, 0.15) is 86.4 Å². The number of aliphatic hydroxyl groups excluding tert-OH is 1. The smallest absolute Gasteiger partial charge is 0.323 e. The summed E-state index contributed by atoms with van der Waals surface area (Å²) in [5.41, 5.74) is 20.8. The summed E-state index contributed by atoms with van der Waals surface area (Å²) in [5, 5.41) is 31.3. The number of ketones is 2. The number of benzene rings is 9. The van der Waals surface area contributed by atoms with E-state index in [1.54, 1.807) is 157 Å². The minimum atomic E-state index is -0.654. The number of aryl methyl sites for hydroxylation is 1. The van der Waals surface area contributed by atoms with Crippen molar-refractivity contribution in [3.63, 3.8) is 0 Å². The van der Waals surface area contributed by atoms with Crippen LogP contribution in [0.2, 0.25) is 4.34 Å². The second kappa shape index (κ2) is 50.5. The number of carbonyl (C=O) groups is 3. The summed E-state index contributed by atoms with van der Waals surface area (Å²) in [6.45, 7) is 4.59. The number of Topliss-reactive ketones (excluding diaryl/α,β-unsaturated/α-hetero) is 2. The summed E-state index contributed by atoms with van der Waals surface area (Å²) in [6, 6.07) is 56.8. The number of esters is 1. The van der Waals surface area contributed by atoms with Crippen molar-refractivity contribution in [2.45, 2.75) is 79.9 Å². The molecule has 10 heterocycles. The Morgan fingerprint density at radius 1 is 0.466 bits per heavy atom. The molecule has 0 unspecified atom stereocenters. The molecule has 0 bridgehead atoms. The molecule has 38 heteroatoms. The Morgan fingerprint density at radius 2 is 0.885 bits per heavy atom. The summed E-state index contributed by atoms with van der Waals surface area (Å²) < 4.78 is 61.9. The van der Waals surface area contributed by atoms with Gasteiger partial charge in [0.25, 0.3) is 0 Å². The quantitative estimate of drug-likeness (QED) is 0.0254. The van der Waals surface area contributed by atoms with Gasteiger partial charge in [0.15, 0.2) is 11.6 Å². The van der Waals surface area contributed by atoms with E-state index in [0.29, 0.717) is 114 Å². The zero-order chi connectivity index (χ0) is 99.2. The predicted octanol–water partition coefficient (Wildman–Crippen LogP) is 21.8. The number of methoxy groups -OCH3 is 8. The first-order valence-corrected chi connectivity index (χ1v) is 47.5. The van der Waals surface area contributed by atoms with E-state index in [-0.39, 0.29) is 88.6 Å². The van der Waals surface area contributed by atoms with E-state index in [0.717, 1.165) is 158 Å². The molecule has 3 N–H and O–H groups in total. The number of hydrogen-bond donors (Lipinski definition) is 3. The molecule has 769 valence electrons. The third-order valence-corrected chi connectivity index (χ3v) is 26.3. The number of nitrogens with zero attached hydrogens (tertiary/aromatic N) is 19. The van der Waals surface area contributed by atoms with Crippen LogP contribution >= 0.6 is 36.4 Å². The Labute approximate surface area is 883 Å². The Bertz CT molecular complexity index is 7490. The van der Waals surface area contributed by atoms with Crippen molar-refractivity contribution < 1.29 is 78.6 Å². The molecule has 21 rings (SSSR count). The Balaban J connectivity index is 0.000000163. The SMILES string of the molecule is C.C.C.COC(=O)[C@@H]1CCCN1CCN(c1cc(OC)cc(OC)c1)c1ccc2ncc(-c3cnn(C)c3)nc2c1.COc1cc(F)cc(N(CC2CC2)c2ccc3ncc(-c4cnn(CCO)c4)nc3c2)c1.COc1cc(OC)cc(N(CCCC2C(=O)c3ccccc3C2=O)c2ccc3ncc(-c4cn[nH]c4)nc3c2)c1.COc1cc(OC)cc(N(Cc2ccc(Cl)s2)c2ccc3ncc(-c4cn[nH]c4)nc3c2)c1.S.[Co]. The van der Waals surface area contributed by atoms with Crippen LogP contribution in [0.3, 0.4) is 0 Å². The molecule has 18 aromatic rings. The topological polar surface area (TPSA) is 358 Å². The van der Waals surface area contributed by atoms with Crippen LogP contribution in [0, 0.1) is 17.7 Å². The maximum Gasteiger partial charge on any atom is 0.323 e. The van der Waals surface area contributed by atoms with E-state index in [9.17, 15) is 18.8 Å². The average Bonchev–Trinajstić information content (AvgIpc) is 1.38. The molecule has 1 aliphatic heterocycles. The van der Waals surface area contributed by atoms with Crippen LogP contribution in [0.5, 0.6) is 40.2 Å². The van der Waals surface area contributed by atoms with Crippen molar-refractivity contribution in [3.05, 3.63) is 283 Å². The normalized spacial score (nSPS) is 12.9. The molecule has 0 spiro atoms. The number of carbonyl (C=O) groups excluding carboxylic acids is 3. The van der Waals surface area contributed by atoms with E-state index in [2.05, 4.69) is 75.0 Å².